The zero-order chi connectivity index (χ0) is 12.5. The molecule has 0 spiro atoms. The lowest BCUT2D eigenvalue weighted by Crippen LogP contribution is -2.31. The lowest BCUT2D eigenvalue weighted by Gasteiger charge is -2.19. The Balaban J connectivity index is 1.57. The van der Waals surface area contributed by atoms with Gasteiger partial charge in [0.25, 0.3) is 0 Å². The largest absolute Gasteiger partial charge is 0.465 e. The fraction of sp³-hybridized carbons (Fsp3) is 0.500. The van der Waals surface area contributed by atoms with E-state index in [1.807, 2.05) is 6.07 Å². The highest BCUT2D eigenvalue weighted by atomic mass is 16.4. The molecule has 1 amide bonds. The Labute approximate surface area is 107 Å². The van der Waals surface area contributed by atoms with Gasteiger partial charge < -0.3 is 10.0 Å². The Bertz CT molecular complexity index is 421. The van der Waals surface area contributed by atoms with Gasteiger partial charge in [0.1, 0.15) is 0 Å². The molecule has 4 nitrogen and oxygen atoms in total. The second-order valence-electron chi connectivity index (χ2n) is 5.39. The fourth-order valence-corrected chi connectivity index (χ4v) is 3.22. The third kappa shape index (κ3) is 2.20. The van der Waals surface area contributed by atoms with Crippen molar-refractivity contribution in [1.29, 1.82) is 0 Å². The van der Waals surface area contributed by atoms with Crippen LogP contribution >= 0.6 is 0 Å². The van der Waals surface area contributed by atoms with Crippen LogP contribution in [0.3, 0.4) is 0 Å². The SMILES string of the molecule is O=C(O)N1C[C@H]2CN(Cc3ccccc3)C[C@H]2C1. The molecule has 2 aliphatic rings. The minimum absolute atomic E-state index is 0.532. The molecule has 0 aromatic heterocycles. The Hall–Kier alpha value is -1.55. The number of amides is 1. The van der Waals surface area contributed by atoms with Gasteiger partial charge in [-0.3, -0.25) is 4.90 Å². The van der Waals surface area contributed by atoms with Crippen LogP contribution in [0.5, 0.6) is 0 Å². The van der Waals surface area contributed by atoms with Gasteiger partial charge in [0.05, 0.1) is 0 Å². The molecule has 0 aliphatic carbocycles. The molecule has 1 aromatic rings. The number of carboxylic acid groups (broad SMARTS) is 1. The Morgan fingerprint density at radius 2 is 1.72 bits per heavy atom. The smallest absolute Gasteiger partial charge is 0.407 e. The van der Waals surface area contributed by atoms with Crippen molar-refractivity contribution in [3.63, 3.8) is 0 Å². The van der Waals surface area contributed by atoms with E-state index in [0.717, 1.165) is 19.6 Å². The maximum atomic E-state index is 10.9. The molecule has 2 saturated heterocycles. The first-order valence-corrected chi connectivity index (χ1v) is 6.46. The molecule has 2 heterocycles. The van der Waals surface area contributed by atoms with Crippen LogP contribution in [0, 0.1) is 11.8 Å². The topological polar surface area (TPSA) is 43.8 Å². The highest BCUT2D eigenvalue weighted by Gasteiger charge is 2.41. The molecular weight excluding hydrogens is 228 g/mol. The second-order valence-corrected chi connectivity index (χ2v) is 5.39. The van der Waals surface area contributed by atoms with E-state index in [4.69, 9.17) is 5.11 Å². The lowest BCUT2D eigenvalue weighted by molar-refractivity contribution is 0.148. The van der Waals surface area contributed by atoms with Gasteiger partial charge in [-0.1, -0.05) is 30.3 Å². The number of likely N-dealkylation sites (tertiary alicyclic amines) is 2. The van der Waals surface area contributed by atoms with Crippen molar-refractivity contribution < 1.29 is 9.90 Å². The summed E-state index contributed by atoms with van der Waals surface area (Å²) < 4.78 is 0. The molecule has 0 bridgehead atoms. The Morgan fingerprint density at radius 1 is 1.11 bits per heavy atom. The van der Waals surface area contributed by atoms with Crippen LogP contribution in [0.1, 0.15) is 5.56 Å². The molecule has 0 radical (unpaired) electrons. The van der Waals surface area contributed by atoms with Gasteiger partial charge in [-0.05, 0) is 17.4 Å². The van der Waals surface area contributed by atoms with Gasteiger partial charge in [-0.2, -0.15) is 0 Å². The van der Waals surface area contributed by atoms with Crippen LogP contribution in [0.25, 0.3) is 0 Å². The first-order chi connectivity index (χ1) is 8.72. The summed E-state index contributed by atoms with van der Waals surface area (Å²) in [5, 5.41) is 8.98. The van der Waals surface area contributed by atoms with Crippen molar-refractivity contribution in [2.24, 2.45) is 11.8 Å². The monoisotopic (exact) mass is 246 g/mol. The number of hydrogen-bond donors (Lipinski definition) is 1. The van der Waals surface area contributed by atoms with Crippen LogP contribution in [0.15, 0.2) is 30.3 Å². The average molecular weight is 246 g/mol. The third-order valence-corrected chi connectivity index (χ3v) is 4.08. The van der Waals surface area contributed by atoms with E-state index in [1.165, 1.54) is 5.56 Å². The van der Waals surface area contributed by atoms with Gasteiger partial charge >= 0.3 is 6.09 Å². The maximum Gasteiger partial charge on any atom is 0.407 e. The molecule has 1 aromatic carbocycles. The first kappa shape index (κ1) is 11.5. The average Bonchev–Trinajstić information content (AvgIpc) is 2.88. The van der Waals surface area contributed by atoms with Crippen LogP contribution in [-0.4, -0.2) is 47.2 Å². The first-order valence-electron chi connectivity index (χ1n) is 6.46. The third-order valence-electron chi connectivity index (χ3n) is 4.08. The molecule has 2 fully saturated rings. The molecular formula is C14H18N2O2. The normalized spacial score (nSPS) is 27.4. The quantitative estimate of drug-likeness (QED) is 0.864. The van der Waals surface area contributed by atoms with E-state index in [-0.39, 0.29) is 0 Å². The van der Waals surface area contributed by atoms with E-state index >= 15 is 0 Å². The minimum Gasteiger partial charge on any atom is -0.465 e. The van der Waals surface area contributed by atoms with Gasteiger partial charge in [-0.25, -0.2) is 4.79 Å². The summed E-state index contributed by atoms with van der Waals surface area (Å²) >= 11 is 0. The number of fused-ring (bicyclic) bond motifs is 1. The zero-order valence-corrected chi connectivity index (χ0v) is 10.3. The van der Waals surface area contributed by atoms with E-state index in [0.29, 0.717) is 24.9 Å². The summed E-state index contributed by atoms with van der Waals surface area (Å²) in [4.78, 5) is 14.9. The molecule has 2 aliphatic heterocycles. The predicted octanol–water partition coefficient (Wildman–Crippen LogP) is 1.73. The van der Waals surface area contributed by atoms with Crippen molar-refractivity contribution in [2.45, 2.75) is 6.54 Å². The van der Waals surface area contributed by atoms with Crippen molar-refractivity contribution in [3.8, 4) is 0 Å². The molecule has 0 unspecified atom stereocenters. The summed E-state index contributed by atoms with van der Waals surface area (Å²) in [7, 11) is 0. The van der Waals surface area contributed by atoms with Gasteiger partial charge in [0.15, 0.2) is 0 Å². The summed E-state index contributed by atoms with van der Waals surface area (Å²) in [6.45, 7) is 4.48. The van der Waals surface area contributed by atoms with E-state index < -0.39 is 6.09 Å². The summed E-state index contributed by atoms with van der Waals surface area (Å²) in [5.41, 5.74) is 1.34. The van der Waals surface area contributed by atoms with Crippen LogP contribution in [0.4, 0.5) is 4.79 Å². The Kier molecular flexibility index (Phi) is 2.96. The lowest BCUT2D eigenvalue weighted by atomic mass is 10.0. The second kappa shape index (κ2) is 4.61. The molecule has 2 atom stereocenters. The Morgan fingerprint density at radius 3 is 2.28 bits per heavy atom. The van der Waals surface area contributed by atoms with Crippen LogP contribution in [0.2, 0.25) is 0 Å². The molecule has 3 rings (SSSR count). The van der Waals surface area contributed by atoms with Crippen molar-refractivity contribution in [2.75, 3.05) is 26.2 Å². The van der Waals surface area contributed by atoms with Crippen molar-refractivity contribution in [3.05, 3.63) is 35.9 Å². The molecule has 0 saturated carbocycles. The van der Waals surface area contributed by atoms with Gasteiger partial charge in [-0.15, -0.1) is 0 Å². The number of rotatable bonds is 2. The van der Waals surface area contributed by atoms with Gasteiger partial charge in [0.2, 0.25) is 0 Å². The van der Waals surface area contributed by atoms with E-state index in [9.17, 15) is 4.79 Å². The highest BCUT2D eigenvalue weighted by Crippen LogP contribution is 2.31. The van der Waals surface area contributed by atoms with Crippen molar-refractivity contribution in [1.82, 2.24) is 9.80 Å². The molecule has 1 N–H and O–H groups in total. The van der Waals surface area contributed by atoms with Crippen LogP contribution in [-0.2, 0) is 6.54 Å². The van der Waals surface area contributed by atoms with Crippen LogP contribution < -0.4 is 0 Å². The predicted molar refractivity (Wildman–Crippen MR) is 68.3 cm³/mol. The summed E-state index contributed by atoms with van der Waals surface area (Å²) in [6, 6.07) is 10.5. The summed E-state index contributed by atoms with van der Waals surface area (Å²) in [5.74, 6) is 1.06. The zero-order valence-electron chi connectivity index (χ0n) is 10.3. The minimum atomic E-state index is -0.765. The van der Waals surface area contributed by atoms with Gasteiger partial charge in [0, 0.05) is 32.7 Å². The molecule has 18 heavy (non-hydrogen) atoms. The number of hydrogen-bond acceptors (Lipinski definition) is 2. The van der Waals surface area contributed by atoms with Crippen molar-refractivity contribution >= 4 is 6.09 Å². The molecule has 96 valence electrons. The number of nitrogens with zero attached hydrogens (tertiary/aromatic N) is 2. The standard InChI is InChI=1S/C14H18N2O2/c17-14(18)16-9-12-7-15(8-13(12)10-16)6-11-4-2-1-3-5-11/h1-5,12-13H,6-10H2,(H,17,18)/t12-,13+. The molecule has 4 heteroatoms. The number of carbonyl (C=O) groups is 1. The fourth-order valence-electron chi connectivity index (χ4n) is 3.22. The van der Waals surface area contributed by atoms with E-state index in [2.05, 4.69) is 29.2 Å². The van der Waals surface area contributed by atoms with E-state index in [1.54, 1.807) is 4.90 Å². The highest BCUT2D eigenvalue weighted by molar-refractivity contribution is 5.65. The summed E-state index contributed by atoms with van der Waals surface area (Å²) in [6.07, 6.45) is -0.765. The number of benzene rings is 1. The maximum absolute atomic E-state index is 10.9.